The van der Waals surface area contributed by atoms with Crippen molar-refractivity contribution < 1.29 is 18.4 Å². The quantitative estimate of drug-likeness (QED) is 0.452. The highest BCUT2D eigenvalue weighted by Gasteiger charge is 2.33. The third kappa shape index (κ3) is 3.50. The first-order valence-electron chi connectivity index (χ1n) is 9.94. The van der Waals surface area contributed by atoms with Crippen LogP contribution in [0.4, 0.5) is 4.39 Å². The van der Waals surface area contributed by atoms with Crippen LogP contribution >= 0.6 is 12.2 Å². The molecule has 0 fully saturated rings. The van der Waals surface area contributed by atoms with Crippen LogP contribution in [0, 0.1) is 5.82 Å². The molecule has 0 bridgehead atoms. The Bertz CT molecular complexity index is 1240. The molecule has 1 N–H and O–H groups in total. The zero-order valence-electron chi connectivity index (χ0n) is 17.2. The van der Waals surface area contributed by atoms with Gasteiger partial charge in [-0.2, -0.15) is 4.98 Å². The highest BCUT2D eigenvalue weighted by atomic mass is 32.1. The molecule has 5 rings (SSSR count). The normalized spacial score (nSPS) is 17.5. The summed E-state index contributed by atoms with van der Waals surface area (Å²) in [5.41, 5.74) is 3.17. The van der Waals surface area contributed by atoms with Crippen molar-refractivity contribution in [2.45, 2.75) is 13.0 Å². The van der Waals surface area contributed by atoms with E-state index < -0.39 is 0 Å². The van der Waals surface area contributed by atoms with Crippen molar-refractivity contribution in [1.82, 2.24) is 20.4 Å². The average molecular weight is 450 g/mol. The fraction of sp³-hybridized carbons (Fsp3) is 0.174. The highest BCUT2D eigenvalue weighted by molar-refractivity contribution is 7.80. The molecule has 1 aromatic heterocycles. The summed E-state index contributed by atoms with van der Waals surface area (Å²) in [5, 5.41) is 8.03. The summed E-state index contributed by atoms with van der Waals surface area (Å²) in [6.45, 7) is 6.45. The molecule has 162 valence electrons. The van der Waals surface area contributed by atoms with Gasteiger partial charge >= 0.3 is 0 Å². The molecular formula is C23H19FN4O3S. The molecule has 9 heteroatoms. The molecule has 0 spiro atoms. The summed E-state index contributed by atoms with van der Waals surface area (Å²) >= 11 is 5.57. The predicted molar refractivity (Wildman–Crippen MR) is 120 cm³/mol. The van der Waals surface area contributed by atoms with E-state index in [1.54, 1.807) is 18.2 Å². The largest absolute Gasteiger partial charge is 0.454 e. The number of halogens is 1. The Hall–Kier alpha value is -3.72. The zero-order valence-corrected chi connectivity index (χ0v) is 18.0. The molecule has 0 saturated carbocycles. The fourth-order valence-electron chi connectivity index (χ4n) is 3.80. The van der Waals surface area contributed by atoms with Gasteiger partial charge in [0, 0.05) is 17.8 Å². The zero-order chi connectivity index (χ0) is 22.2. The first-order valence-corrected chi connectivity index (χ1v) is 10.3. The molecule has 3 aromatic rings. The number of aromatic nitrogens is 2. The van der Waals surface area contributed by atoms with Crippen molar-refractivity contribution in [3.63, 3.8) is 0 Å². The highest BCUT2D eigenvalue weighted by Crippen LogP contribution is 2.39. The Morgan fingerprint density at radius 3 is 2.78 bits per heavy atom. The Kier molecular flexibility index (Phi) is 5.10. The first-order chi connectivity index (χ1) is 15.5. The van der Waals surface area contributed by atoms with Gasteiger partial charge in [-0.25, -0.2) is 4.39 Å². The van der Waals surface area contributed by atoms with Crippen molar-refractivity contribution in [3.8, 4) is 22.9 Å². The first kappa shape index (κ1) is 20.2. The van der Waals surface area contributed by atoms with Gasteiger partial charge in [-0.05, 0) is 55.0 Å². The van der Waals surface area contributed by atoms with Crippen molar-refractivity contribution in [2.75, 3.05) is 13.3 Å². The van der Waals surface area contributed by atoms with Gasteiger partial charge in [0.15, 0.2) is 16.6 Å². The third-order valence-corrected chi connectivity index (χ3v) is 5.74. The Morgan fingerprint density at radius 2 is 2.00 bits per heavy atom. The van der Waals surface area contributed by atoms with Crippen LogP contribution in [0.3, 0.4) is 0 Å². The number of benzene rings is 2. The van der Waals surface area contributed by atoms with E-state index in [1.165, 1.54) is 12.1 Å². The van der Waals surface area contributed by atoms with Gasteiger partial charge in [0.05, 0.1) is 11.6 Å². The van der Waals surface area contributed by atoms with Crippen LogP contribution in [0.15, 0.2) is 65.3 Å². The number of nitrogens with zero attached hydrogens (tertiary/aromatic N) is 3. The molecule has 2 aromatic carbocycles. The Morgan fingerprint density at radius 1 is 1.22 bits per heavy atom. The predicted octanol–water partition coefficient (Wildman–Crippen LogP) is 4.45. The maximum atomic E-state index is 13.5. The molecule has 7 nitrogen and oxygen atoms in total. The third-order valence-electron chi connectivity index (χ3n) is 5.40. The van der Waals surface area contributed by atoms with Gasteiger partial charge in [0.25, 0.3) is 5.89 Å². The van der Waals surface area contributed by atoms with E-state index in [2.05, 4.69) is 22.0 Å². The minimum atomic E-state index is -0.380. The van der Waals surface area contributed by atoms with Crippen LogP contribution in [-0.2, 0) is 0 Å². The molecule has 0 radical (unpaired) electrons. The minimum Gasteiger partial charge on any atom is -0.454 e. The van der Waals surface area contributed by atoms with Crippen molar-refractivity contribution in [1.29, 1.82) is 0 Å². The van der Waals surface area contributed by atoms with Crippen LogP contribution in [0.1, 0.15) is 24.4 Å². The lowest BCUT2D eigenvalue weighted by Crippen LogP contribution is -2.45. The number of thiocarbonyl (C=S) groups is 1. The monoisotopic (exact) mass is 450 g/mol. The molecule has 0 aliphatic carbocycles. The number of rotatable bonds is 5. The van der Waals surface area contributed by atoms with Gasteiger partial charge in [-0.3, -0.25) is 0 Å². The van der Waals surface area contributed by atoms with Crippen LogP contribution in [0.2, 0.25) is 0 Å². The van der Waals surface area contributed by atoms with Crippen LogP contribution in [0.25, 0.3) is 17.0 Å². The topological polar surface area (TPSA) is 72.7 Å². The Labute approximate surface area is 189 Å². The second-order valence-corrected chi connectivity index (χ2v) is 7.71. The van der Waals surface area contributed by atoms with E-state index in [0.29, 0.717) is 34.9 Å². The maximum absolute atomic E-state index is 13.5. The van der Waals surface area contributed by atoms with Crippen LogP contribution < -0.4 is 14.8 Å². The van der Waals surface area contributed by atoms with Gasteiger partial charge < -0.3 is 24.2 Å². The van der Waals surface area contributed by atoms with Crippen LogP contribution in [-0.4, -0.2) is 33.5 Å². The molecule has 3 heterocycles. The molecule has 1 unspecified atom stereocenters. The SMILES string of the molecule is C=CCN1C(=S)NC(c2ccc(F)cc2)C(c2nc(-c3ccc4c(c3)OCO4)no2)=C1C. The Balaban J connectivity index is 1.58. The molecule has 2 aliphatic rings. The molecule has 32 heavy (non-hydrogen) atoms. The molecule has 0 saturated heterocycles. The van der Waals surface area contributed by atoms with Gasteiger partial charge in [-0.1, -0.05) is 23.4 Å². The van der Waals surface area contributed by atoms with Gasteiger partial charge in [0.1, 0.15) is 5.82 Å². The van der Waals surface area contributed by atoms with E-state index in [0.717, 1.165) is 22.4 Å². The second-order valence-electron chi connectivity index (χ2n) is 7.32. The second kappa shape index (κ2) is 8.08. The lowest BCUT2D eigenvalue weighted by molar-refractivity contribution is 0.174. The molecule has 0 amide bonds. The van der Waals surface area contributed by atoms with E-state index >= 15 is 0 Å². The number of nitrogens with one attached hydrogen (secondary N) is 1. The summed E-state index contributed by atoms with van der Waals surface area (Å²) in [4.78, 5) is 6.56. The van der Waals surface area contributed by atoms with Crippen molar-refractivity contribution in [3.05, 3.63) is 78.1 Å². The number of hydrogen-bond donors (Lipinski definition) is 1. The molecule has 2 aliphatic heterocycles. The summed E-state index contributed by atoms with van der Waals surface area (Å²) in [7, 11) is 0. The lowest BCUT2D eigenvalue weighted by atomic mass is 9.95. The lowest BCUT2D eigenvalue weighted by Gasteiger charge is -2.36. The van der Waals surface area contributed by atoms with Gasteiger partial charge in [0.2, 0.25) is 12.6 Å². The summed E-state index contributed by atoms with van der Waals surface area (Å²) in [5.74, 6) is 1.76. The summed E-state index contributed by atoms with van der Waals surface area (Å²) < 4.78 is 30.0. The van der Waals surface area contributed by atoms with Crippen molar-refractivity contribution >= 4 is 22.9 Å². The van der Waals surface area contributed by atoms with E-state index in [-0.39, 0.29) is 18.7 Å². The summed E-state index contributed by atoms with van der Waals surface area (Å²) in [6, 6.07) is 11.3. The molecular weight excluding hydrogens is 431 g/mol. The smallest absolute Gasteiger partial charge is 0.258 e. The fourth-order valence-corrected chi connectivity index (χ4v) is 4.13. The van der Waals surface area contributed by atoms with E-state index in [4.69, 9.17) is 26.2 Å². The van der Waals surface area contributed by atoms with E-state index in [1.807, 2.05) is 30.0 Å². The van der Waals surface area contributed by atoms with Crippen molar-refractivity contribution in [2.24, 2.45) is 0 Å². The minimum absolute atomic E-state index is 0.187. The standard InChI is InChI=1S/C23H19FN4O3S/c1-3-10-28-13(2)19(20(25-23(28)32)14-4-7-16(24)8-5-14)22-26-21(27-31-22)15-6-9-17-18(11-15)30-12-29-17/h3-9,11,20H,1,10,12H2,2H3,(H,25,32). The average Bonchev–Trinajstić information content (AvgIpc) is 3.46. The summed E-state index contributed by atoms with van der Waals surface area (Å²) in [6.07, 6.45) is 1.76. The van der Waals surface area contributed by atoms with Gasteiger partial charge in [-0.15, -0.1) is 6.58 Å². The number of fused-ring (bicyclic) bond motifs is 1. The molecule has 1 atom stereocenters. The van der Waals surface area contributed by atoms with Crippen LogP contribution in [0.5, 0.6) is 11.5 Å². The maximum Gasteiger partial charge on any atom is 0.258 e. The number of hydrogen-bond acceptors (Lipinski definition) is 6. The van der Waals surface area contributed by atoms with E-state index in [9.17, 15) is 4.39 Å². The number of ether oxygens (including phenoxy) is 2. The number of allylic oxidation sites excluding steroid dienone is 1.